The highest BCUT2D eigenvalue weighted by molar-refractivity contribution is 5.82. The summed E-state index contributed by atoms with van der Waals surface area (Å²) in [6.07, 6.45) is 3.51. The summed E-state index contributed by atoms with van der Waals surface area (Å²) in [4.78, 5) is 19.6. The van der Waals surface area contributed by atoms with Gasteiger partial charge in [-0.15, -0.1) is 0 Å². The molecular weight excluding hydrogens is 418 g/mol. The molecule has 2 aromatic heterocycles. The highest BCUT2D eigenvalue weighted by atomic mass is 19.3. The van der Waals surface area contributed by atoms with E-state index in [4.69, 9.17) is 4.98 Å². The van der Waals surface area contributed by atoms with Crippen molar-refractivity contribution in [1.82, 2.24) is 25.2 Å². The molecule has 1 saturated heterocycles. The largest absolute Gasteiger partial charge is 0.435 e. The maximum Gasteiger partial charge on any atom is 0.387 e. The Morgan fingerprint density at radius 1 is 1.19 bits per heavy atom. The number of nitrogens with one attached hydrogen (secondary N) is 2. The van der Waals surface area contributed by atoms with E-state index >= 15 is 0 Å². The number of anilines is 1. The monoisotopic (exact) mass is 442 g/mol. The predicted octanol–water partition coefficient (Wildman–Crippen LogP) is 1.77. The van der Waals surface area contributed by atoms with Gasteiger partial charge in [-0.1, -0.05) is 12.1 Å². The summed E-state index contributed by atoms with van der Waals surface area (Å²) < 4.78 is 30.7. The second kappa shape index (κ2) is 8.70. The van der Waals surface area contributed by atoms with Crippen LogP contribution in [0.5, 0.6) is 5.75 Å². The zero-order valence-corrected chi connectivity index (χ0v) is 17.4. The molecule has 0 saturated carbocycles. The van der Waals surface area contributed by atoms with Crippen LogP contribution in [-0.2, 0) is 24.2 Å². The van der Waals surface area contributed by atoms with Crippen molar-refractivity contribution in [3.63, 3.8) is 0 Å². The highest BCUT2D eigenvalue weighted by Crippen LogP contribution is 2.31. The number of fused-ring (bicyclic) bond motifs is 2. The summed E-state index contributed by atoms with van der Waals surface area (Å²) in [5, 5.41) is 10.8. The van der Waals surface area contributed by atoms with Gasteiger partial charge in [0, 0.05) is 44.2 Å². The number of carbonyl (C=O) groups is 1. The first-order valence-corrected chi connectivity index (χ1v) is 10.7. The zero-order chi connectivity index (χ0) is 22.1. The van der Waals surface area contributed by atoms with Crippen molar-refractivity contribution < 1.29 is 18.3 Å². The molecule has 10 heteroatoms. The van der Waals surface area contributed by atoms with Gasteiger partial charge in [0.15, 0.2) is 5.65 Å². The lowest BCUT2D eigenvalue weighted by atomic mass is 9.97. The van der Waals surface area contributed by atoms with Gasteiger partial charge in [-0.25, -0.2) is 4.98 Å². The molecule has 2 N–H and O–H groups in total. The smallest absolute Gasteiger partial charge is 0.387 e. The highest BCUT2D eigenvalue weighted by Gasteiger charge is 2.36. The third-order valence-corrected chi connectivity index (χ3v) is 5.95. The van der Waals surface area contributed by atoms with Crippen LogP contribution in [-0.4, -0.2) is 53.3 Å². The molecule has 0 radical (unpaired) electrons. The van der Waals surface area contributed by atoms with Gasteiger partial charge in [0.25, 0.3) is 0 Å². The molecule has 1 aromatic carbocycles. The lowest BCUT2D eigenvalue weighted by Gasteiger charge is -2.41. The van der Waals surface area contributed by atoms with E-state index in [9.17, 15) is 13.6 Å². The molecule has 5 rings (SSSR count). The van der Waals surface area contributed by atoms with Crippen LogP contribution in [0.4, 0.5) is 14.6 Å². The SMILES string of the molecule is O=C(NCc1ccc(OC(F)F)cc1)C1CN(c2c3c(nc4ccnn24)CCNCC3)C1. The number of benzene rings is 1. The Bertz CT molecular complexity index is 1110. The lowest BCUT2D eigenvalue weighted by molar-refractivity contribution is -0.125. The predicted molar refractivity (Wildman–Crippen MR) is 114 cm³/mol. The summed E-state index contributed by atoms with van der Waals surface area (Å²) in [6.45, 7) is 0.524. The van der Waals surface area contributed by atoms with Gasteiger partial charge in [0.05, 0.1) is 17.8 Å². The summed E-state index contributed by atoms with van der Waals surface area (Å²) in [5.74, 6) is 1.00. The number of aromatic nitrogens is 3. The fraction of sp³-hybridized carbons (Fsp3) is 0.409. The molecule has 32 heavy (non-hydrogen) atoms. The number of hydrogen-bond donors (Lipinski definition) is 2. The summed E-state index contributed by atoms with van der Waals surface area (Å²) in [6, 6.07) is 8.18. The van der Waals surface area contributed by atoms with Gasteiger partial charge in [0.2, 0.25) is 5.91 Å². The zero-order valence-electron chi connectivity index (χ0n) is 17.4. The first kappa shape index (κ1) is 20.6. The second-order valence-corrected chi connectivity index (χ2v) is 8.05. The molecular formula is C22H24F2N6O2. The van der Waals surface area contributed by atoms with Crippen molar-refractivity contribution in [2.75, 3.05) is 31.1 Å². The summed E-state index contributed by atoms with van der Waals surface area (Å²) >= 11 is 0. The van der Waals surface area contributed by atoms with Crippen LogP contribution in [0.1, 0.15) is 16.8 Å². The maximum absolute atomic E-state index is 12.6. The Balaban J connectivity index is 1.22. The first-order valence-electron chi connectivity index (χ1n) is 10.7. The molecule has 0 atom stereocenters. The minimum atomic E-state index is -2.85. The van der Waals surface area contributed by atoms with Crippen molar-refractivity contribution >= 4 is 17.4 Å². The van der Waals surface area contributed by atoms with Crippen molar-refractivity contribution in [3.8, 4) is 5.75 Å². The average molecular weight is 442 g/mol. The maximum atomic E-state index is 12.6. The van der Waals surface area contributed by atoms with E-state index in [1.165, 1.54) is 17.7 Å². The standard InChI is InChI=1S/C22H24F2N6O2/c23-22(24)32-16-3-1-14(2-4-16)11-26-20(31)15-12-29(13-15)21-17-5-8-25-9-6-18(17)28-19-7-10-27-30(19)21/h1-4,7,10,15,22,25H,5-6,8-9,11-13H2,(H,26,31). The number of nitrogens with zero attached hydrogens (tertiary/aromatic N) is 4. The van der Waals surface area contributed by atoms with Crippen LogP contribution in [0, 0.1) is 5.92 Å². The first-order chi connectivity index (χ1) is 15.6. The third-order valence-electron chi connectivity index (χ3n) is 5.95. The molecule has 168 valence electrons. The molecule has 0 spiro atoms. The average Bonchev–Trinajstić information content (AvgIpc) is 3.08. The van der Waals surface area contributed by atoms with Crippen LogP contribution >= 0.6 is 0 Å². The minimum Gasteiger partial charge on any atom is -0.435 e. The van der Waals surface area contributed by atoms with E-state index in [2.05, 4.69) is 25.4 Å². The van der Waals surface area contributed by atoms with Crippen molar-refractivity contribution in [2.24, 2.45) is 5.92 Å². The van der Waals surface area contributed by atoms with Gasteiger partial charge in [0.1, 0.15) is 11.6 Å². The minimum absolute atomic E-state index is 0.0207. The number of carbonyl (C=O) groups excluding carboxylic acids is 1. The molecule has 1 fully saturated rings. The van der Waals surface area contributed by atoms with Crippen molar-refractivity contribution in [1.29, 1.82) is 0 Å². The van der Waals surface area contributed by atoms with Crippen LogP contribution < -0.4 is 20.3 Å². The van der Waals surface area contributed by atoms with E-state index in [1.807, 2.05) is 10.6 Å². The molecule has 0 aliphatic carbocycles. The van der Waals surface area contributed by atoms with Crippen molar-refractivity contribution in [3.05, 3.63) is 53.3 Å². The fourth-order valence-corrected chi connectivity index (χ4v) is 4.28. The van der Waals surface area contributed by atoms with Gasteiger partial charge >= 0.3 is 6.61 Å². The number of ether oxygens (including phenoxy) is 1. The molecule has 1 amide bonds. The molecule has 0 bridgehead atoms. The number of amides is 1. The quantitative estimate of drug-likeness (QED) is 0.606. The van der Waals surface area contributed by atoms with Gasteiger partial charge in [-0.2, -0.15) is 18.4 Å². The molecule has 8 nitrogen and oxygen atoms in total. The van der Waals surface area contributed by atoms with E-state index in [0.29, 0.717) is 19.6 Å². The van der Waals surface area contributed by atoms with E-state index in [1.54, 1.807) is 18.3 Å². The normalized spacial score (nSPS) is 16.5. The van der Waals surface area contributed by atoms with Crippen LogP contribution in [0.15, 0.2) is 36.5 Å². The molecule has 4 heterocycles. The Labute approximate surface area is 183 Å². The van der Waals surface area contributed by atoms with Crippen LogP contribution in [0.3, 0.4) is 0 Å². The summed E-state index contributed by atoms with van der Waals surface area (Å²) in [7, 11) is 0. The number of halogens is 2. The second-order valence-electron chi connectivity index (χ2n) is 8.05. The fourth-order valence-electron chi connectivity index (χ4n) is 4.28. The lowest BCUT2D eigenvalue weighted by Crippen LogP contribution is -2.54. The Hall–Kier alpha value is -3.27. The Morgan fingerprint density at radius 2 is 1.97 bits per heavy atom. The molecule has 0 unspecified atom stereocenters. The topological polar surface area (TPSA) is 83.8 Å². The van der Waals surface area contributed by atoms with E-state index < -0.39 is 6.61 Å². The van der Waals surface area contributed by atoms with E-state index in [-0.39, 0.29) is 17.6 Å². The van der Waals surface area contributed by atoms with Gasteiger partial charge in [-0.05, 0) is 30.7 Å². The Kier molecular flexibility index (Phi) is 5.60. The number of hydrogen-bond acceptors (Lipinski definition) is 6. The van der Waals surface area contributed by atoms with Gasteiger partial charge in [-0.3, -0.25) is 4.79 Å². The summed E-state index contributed by atoms with van der Waals surface area (Å²) in [5.41, 5.74) is 3.95. The number of alkyl halides is 2. The van der Waals surface area contributed by atoms with Crippen molar-refractivity contribution in [2.45, 2.75) is 26.0 Å². The third kappa shape index (κ3) is 4.10. The molecule has 3 aromatic rings. The van der Waals surface area contributed by atoms with Crippen LogP contribution in [0.2, 0.25) is 0 Å². The van der Waals surface area contributed by atoms with Gasteiger partial charge < -0.3 is 20.3 Å². The Morgan fingerprint density at radius 3 is 2.75 bits per heavy atom. The molecule has 2 aliphatic heterocycles. The number of rotatable bonds is 6. The van der Waals surface area contributed by atoms with Crippen LogP contribution in [0.25, 0.3) is 5.65 Å². The van der Waals surface area contributed by atoms with E-state index in [0.717, 1.165) is 48.7 Å². The molecule has 2 aliphatic rings.